The molecule has 4 N–H and O–H groups in total. The van der Waals surface area contributed by atoms with Gasteiger partial charge in [0, 0.05) is 11.4 Å². The number of esters is 1. The number of nitrogens with two attached hydrogens (primary N) is 2. The van der Waals surface area contributed by atoms with Crippen LogP contribution < -0.4 is 16.2 Å². The number of nitrogen functional groups attached to an aromatic ring is 2. The molecular weight excluding hydrogens is 348 g/mol. The van der Waals surface area contributed by atoms with Gasteiger partial charge in [-0.1, -0.05) is 50.8 Å². The van der Waals surface area contributed by atoms with Gasteiger partial charge in [-0.2, -0.15) is 0 Å². The highest BCUT2D eigenvalue weighted by molar-refractivity contribution is 5.93. The molecule has 3 rings (SSSR count). The van der Waals surface area contributed by atoms with Crippen molar-refractivity contribution in [3.63, 3.8) is 0 Å². The van der Waals surface area contributed by atoms with Gasteiger partial charge in [0.15, 0.2) is 0 Å². The van der Waals surface area contributed by atoms with E-state index < -0.39 is 5.97 Å². The molecule has 0 bridgehead atoms. The Morgan fingerprint density at radius 1 is 1.00 bits per heavy atom. The molecule has 28 heavy (non-hydrogen) atoms. The highest BCUT2D eigenvalue weighted by Gasteiger charge is 2.25. The van der Waals surface area contributed by atoms with Crippen LogP contribution in [-0.2, 0) is 0 Å². The van der Waals surface area contributed by atoms with Gasteiger partial charge in [-0.25, -0.2) is 4.79 Å². The molecule has 150 valence electrons. The van der Waals surface area contributed by atoms with E-state index in [0.29, 0.717) is 28.6 Å². The number of rotatable bonds is 7. The maximum atomic E-state index is 12.6. The predicted molar refractivity (Wildman–Crippen MR) is 116 cm³/mol. The Hall–Kier alpha value is -2.49. The number of ether oxygens (including phenoxy) is 1. The fourth-order valence-electron chi connectivity index (χ4n) is 4.31. The summed E-state index contributed by atoms with van der Waals surface area (Å²) >= 11 is 0. The first-order valence-electron chi connectivity index (χ1n) is 10.5. The van der Waals surface area contributed by atoms with E-state index in [9.17, 15) is 4.79 Å². The van der Waals surface area contributed by atoms with Crippen LogP contribution in [0.2, 0.25) is 0 Å². The van der Waals surface area contributed by atoms with Gasteiger partial charge in [0.2, 0.25) is 0 Å². The molecule has 0 aromatic heterocycles. The van der Waals surface area contributed by atoms with Crippen LogP contribution in [0.3, 0.4) is 0 Å². The number of anilines is 2. The molecule has 1 aliphatic rings. The SMILES string of the molecule is CCCCCC1CCC(c2ccccc2OC(=O)c2cc(N)cc(N)c2)CC1. The van der Waals surface area contributed by atoms with Crippen molar-refractivity contribution in [2.75, 3.05) is 11.5 Å². The van der Waals surface area contributed by atoms with Gasteiger partial charge in [-0.05, 0) is 67.3 Å². The van der Waals surface area contributed by atoms with Crippen molar-refractivity contribution in [1.29, 1.82) is 0 Å². The van der Waals surface area contributed by atoms with Crippen LogP contribution in [0.5, 0.6) is 5.75 Å². The van der Waals surface area contributed by atoms with Crippen molar-refractivity contribution in [1.82, 2.24) is 0 Å². The molecule has 0 spiro atoms. The van der Waals surface area contributed by atoms with E-state index in [1.807, 2.05) is 18.2 Å². The van der Waals surface area contributed by atoms with Crippen molar-refractivity contribution in [2.24, 2.45) is 5.92 Å². The largest absolute Gasteiger partial charge is 0.423 e. The maximum Gasteiger partial charge on any atom is 0.343 e. The summed E-state index contributed by atoms with van der Waals surface area (Å²) in [5, 5.41) is 0. The molecule has 0 unspecified atom stereocenters. The van der Waals surface area contributed by atoms with Gasteiger partial charge < -0.3 is 16.2 Å². The van der Waals surface area contributed by atoms with Gasteiger partial charge in [-0.15, -0.1) is 0 Å². The summed E-state index contributed by atoms with van der Waals surface area (Å²) in [6.07, 6.45) is 10.2. The second-order valence-corrected chi connectivity index (χ2v) is 8.03. The Bertz CT molecular complexity index is 775. The molecule has 1 aliphatic carbocycles. The molecule has 4 heteroatoms. The predicted octanol–water partition coefficient (Wildman–Crippen LogP) is 5.92. The molecule has 2 aromatic rings. The minimum absolute atomic E-state index is 0.381. The Labute approximate surface area is 168 Å². The van der Waals surface area contributed by atoms with Gasteiger partial charge >= 0.3 is 5.97 Å². The monoisotopic (exact) mass is 380 g/mol. The van der Waals surface area contributed by atoms with Crippen LogP contribution in [0, 0.1) is 5.92 Å². The number of para-hydroxylation sites is 1. The molecular formula is C24H32N2O2. The molecule has 0 aliphatic heterocycles. The number of unbranched alkanes of at least 4 members (excludes halogenated alkanes) is 2. The highest BCUT2D eigenvalue weighted by Crippen LogP contribution is 2.41. The van der Waals surface area contributed by atoms with Gasteiger partial charge in [0.1, 0.15) is 5.75 Å². The normalized spacial score (nSPS) is 19.3. The van der Waals surface area contributed by atoms with E-state index >= 15 is 0 Å². The average molecular weight is 381 g/mol. The first-order chi connectivity index (χ1) is 13.6. The summed E-state index contributed by atoms with van der Waals surface area (Å²) in [5.74, 6) is 1.55. The minimum Gasteiger partial charge on any atom is -0.423 e. The molecule has 0 atom stereocenters. The highest BCUT2D eigenvalue weighted by atomic mass is 16.5. The topological polar surface area (TPSA) is 78.3 Å². The lowest BCUT2D eigenvalue weighted by atomic mass is 9.77. The molecule has 2 aromatic carbocycles. The first kappa shape index (κ1) is 20.2. The van der Waals surface area contributed by atoms with E-state index in [4.69, 9.17) is 16.2 Å². The number of hydrogen-bond donors (Lipinski definition) is 2. The van der Waals surface area contributed by atoms with Crippen LogP contribution in [0.15, 0.2) is 42.5 Å². The second kappa shape index (κ2) is 9.63. The first-order valence-corrected chi connectivity index (χ1v) is 10.5. The Kier molecular flexibility index (Phi) is 6.96. The third-order valence-corrected chi connectivity index (χ3v) is 5.84. The Balaban J connectivity index is 1.66. The van der Waals surface area contributed by atoms with Crippen LogP contribution in [0.1, 0.15) is 80.1 Å². The lowest BCUT2D eigenvalue weighted by molar-refractivity contribution is 0.0732. The average Bonchev–Trinajstić information content (AvgIpc) is 2.68. The zero-order chi connectivity index (χ0) is 19.9. The molecule has 1 saturated carbocycles. The van der Waals surface area contributed by atoms with Crippen LogP contribution >= 0.6 is 0 Å². The van der Waals surface area contributed by atoms with E-state index in [-0.39, 0.29) is 0 Å². The van der Waals surface area contributed by atoms with Crippen LogP contribution in [-0.4, -0.2) is 5.97 Å². The van der Waals surface area contributed by atoms with Gasteiger partial charge in [0.05, 0.1) is 5.56 Å². The van der Waals surface area contributed by atoms with Crippen LogP contribution in [0.4, 0.5) is 11.4 Å². The standard InChI is InChI=1S/C24H32N2O2/c1-2-3-4-7-17-10-12-18(13-11-17)22-8-5-6-9-23(22)28-24(27)19-14-20(25)16-21(26)15-19/h5-6,8-9,14-18H,2-4,7,10-13,25-26H2,1H3. The van der Waals surface area contributed by atoms with E-state index in [1.165, 1.54) is 38.5 Å². The van der Waals surface area contributed by atoms with Gasteiger partial charge in [-0.3, -0.25) is 0 Å². The molecule has 4 nitrogen and oxygen atoms in total. The van der Waals surface area contributed by atoms with Crippen molar-refractivity contribution in [3.8, 4) is 5.75 Å². The third kappa shape index (κ3) is 5.28. The van der Waals surface area contributed by atoms with Crippen molar-refractivity contribution in [2.45, 2.75) is 64.2 Å². The van der Waals surface area contributed by atoms with E-state index in [1.54, 1.807) is 18.2 Å². The quantitative estimate of drug-likeness (QED) is 0.270. The van der Waals surface area contributed by atoms with Crippen molar-refractivity contribution in [3.05, 3.63) is 53.6 Å². The van der Waals surface area contributed by atoms with E-state index in [0.717, 1.165) is 24.3 Å². The zero-order valence-electron chi connectivity index (χ0n) is 16.8. The fraction of sp³-hybridized carbons (Fsp3) is 0.458. The third-order valence-electron chi connectivity index (χ3n) is 5.84. The Morgan fingerprint density at radius 3 is 2.36 bits per heavy atom. The summed E-state index contributed by atoms with van der Waals surface area (Å²) in [6.45, 7) is 2.26. The Morgan fingerprint density at radius 2 is 1.68 bits per heavy atom. The number of carbonyl (C=O) groups excluding carboxylic acids is 1. The fourth-order valence-corrected chi connectivity index (χ4v) is 4.31. The molecule has 0 radical (unpaired) electrons. The lowest BCUT2D eigenvalue weighted by Crippen LogP contribution is -2.16. The molecule has 0 amide bonds. The maximum absolute atomic E-state index is 12.6. The van der Waals surface area contributed by atoms with Gasteiger partial charge in [0.25, 0.3) is 0 Å². The number of hydrogen-bond acceptors (Lipinski definition) is 4. The summed E-state index contributed by atoms with van der Waals surface area (Å²) in [4.78, 5) is 12.6. The van der Waals surface area contributed by atoms with E-state index in [2.05, 4.69) is 13.0 Å². The number of carbonyl (C=O) groups is 1. The molecule has 0 heterocycles. The van der Waals surface area contributed by atoms with Crippen LogP contribution in [0.25, 0.3) is 0 Å². The molecule has 0 saturated heterocycles. The van der Waals surface area contributed by atoms with Crippen molar-refractivity contribution < 1.29 is 9.53 Å². The lowest BCUT2D eigenvalue weighted by Gasteiger charge is -2.29. The van der Waals surface area contributed by atoms with Crippen molar-refractivity contribution >= 4 is 17.3 Å². The molecule has 1 fully saturated rings. The summed E-state index contributed by atoms with van der Waals surface area (Å²) in [5.41, 5.74) is 14.1. The summed E-state index contributed by atoms with van der Waals surface area (Å²) < 4.78 is 5.75. The zero-order valence-corrected chi connectivity index (χ0v) is 16.8. The number of benzene rings is 2. The second-order valence-electron chi connectivity index (χ2n) is 8.03. The summed E-state index contributed by atoms with van der Waals surface area (Å²) in [7, 11) is 0. The summed E-state index contributed by atoms with van der Waals surface area (Å²) in [6, 6.07) is 12.7. The smallest absolute Gasteiger partial charge is 0.343 e. The minimum atomic E-state index is -0.417.